The predicted molar refractivity (Wildman–Crippen MR) is 73.6 cm³/mol. The summed E-state index contributed by atoms with van der Waals surface area (Å²) in [5.41, 5.74) is 0.0976. The van der Waals surface area contributed by atoms with Crippen LogP contribution < -0.4 is 0 Å². The Bertz CT molecular complexity index is 697. The van der Waals surface area contributed by atoms with Crippen LogP contribution in [0.15, 0.2) is 30.5 Å². The minimum atomic E-state index is -1.25. The fraction of sp³-hybridized carbons (Fsp3) is 0.0833. The molecule has 2 rings (SSSR count). The molecule has 0 atom stereocenters. The SMILES string of the molecule is O=C(O)c1cc([N+](=O)[O-])cn1Cc1cccc(Cl)c1Cl. The van der Waals surface area contributed by atoms with E-state index in [1.807, 2.05) is 0 Å². The number of aromatic carboxylic acids is 1. The first kappa shape index (κ1) is 14.4. The molecule has 20 heavy (non-hydrogen) atoms. The third-order valence-corrected chi connectivity index (χ3v) is 3.54. The van der Waals surface area contributed by atoms with Crippen molar-refractivity contribution in [1.29, 1.82) is 0 Å². The number of aromatic nitrogens is 1. The van der Waals surface area contributed by atoms with Gasteiger partial charge in [0, 0.05) is 12.6 Å². The number of carboxylic acid groups (broad SMARTS) is 1. The number of halogens is 2. The highest BCUT2D eigenvalue weighted by Gasteiger charge is 2.19. The lowest BCUT2D eigenvalue weighted by Gasteiger charge is -2.08. The van der Waals surface area contributed by atoms with Gasteiger partial charge in [0.25, 0.3) is 5.69 Å². The van der Waals surface area contributed by atoms with E-state index < -0.39 is 10.9 Å². The number of carbonyl (C=O) groups is 1. The van der Waals surface area contributed by atoms with E-state index in [2.05, 4.69) is 0 Å². The third-order valence-electron chi connectivity index (χ3n) is 2.68. The third kappa shape index (κ3) is 2.76. The van der Waals surface area contributed by atoms with E-state index in [1.165, 1.54) is 4.57 Å². The van der Waals surface area contributed by atoms with Crippen molar-refractivity contribution in [3.8, 4) is 0 Å². The summed E-state index contributed by atoms with van der Waals surface area (Å²) < 4.78 is 1.25. The van der Waals surface area contributed by atoms with Crippen LogP contribution in [0.4, 0.5) is 5.69 Å². The molecular formula is C12H8Cl2N2O4. The van der Waals surface area contributed by atoms with E-state index >= 15 is 0 Å². The molecule has 8 heteroatoms. The summed E-state index contributed by atoms with van der Waals surface area (Å²) in [6.07, 6.45) is 1.15. The molecule has 0 saturated carbocycles. The van der Waals surface area contributed by atoms with Crippen molar-refractivity contribution < 1.29 is 14.8 Å². The normalized spacial score (nSPS) is 10.5. The molecule has 0 aliphatic carbocycles. The van der Waals surface area contributed by atoms with Gasteiger partial charge in [-0.3, -0.25) is 10.1 Å². The molecule has 0 spiro atoms. The number of nitro groups is 1. The molecule has 0 amide bonds. The summed E-state index contributed by atoms with van der Waals surface area (Å²) in [5.74, 6) is -1.25. The van der Waals surface area contributed by atoms with Crippen LogP contribution in [0, 0.1) is 10.1 Å². The zero-order valence-corrected chi connectivity index (χ0v) is 11.4. The fourth-order valence-corrected chi connectivity index (χ4v) is 2.14. The van der Waals surface area contributed by atoms with E-state index in [0.29, 0.717) is 15.6 Å². The van der Waals surface area contributed by atoms with Gasteiger partial charge in [-0.25, -0.2) is 4.79 Å². The van der Waals surface area contributed by atoms with Gasteiger partial charge in [-0.1, -0.05) is 35.3 Å². The average Bonchev–Trinajstić information content (AvgIpc) is 2.79. The average molecular weight is 315 g/mol. The van der Waals surface area contributed by atoms with Crippen molar-refractivity contribution in [2.24, 2.45) is 0 Å². The molecule has 104 valence electrons. The molecule has 0 aliphatic heterocycles. The van der Waals surface area contributed by atoms with Crippen LogP contribution in [-0.4, -0.2) is 20.6 Å². The minimum Gasteiger partial charge on any atom is -0.477 e. The zero-order valence-electron chi connectivity index (χ0n) is 9.92. The standard InChI is InChI=1S/C12H8Cl2N2O4/c13-9-3-1-2-7(11(9)14)5-15-6-8(16(19)20)4-10(15)12(17)18/h1-4,6H,5H2,(H,17,18). The molecule has 0 saturated heterocycles. The molecule has 0 radical (unpaired) electrons. The molecule has 1 aromatic heterocycles. The summed E-state index contributed by atoms with van der Waals surface area (Å²) in [7, 11) is 0. The minimum absolute atomic E-state index is 0.0782. The largest absolute Gasteiger partial charge is 0.477 e. The van der Waals surface area contributed by atoms with Gasteiger partial charge in [0.15, 0.2) is 0 Å². The van der Waals surface area contributed by atoms with Crippen LogP contribution >= 0.6 is 23.2 Å². The van der Waals surface area contributed by atoms with E-state index in [9.17, 15) is 14.9 Å². The highest BCUT2D eigenvalue weighted by atomic mass is 35.5. The Hall–Kier alpha value is -2.05. The van der Waals surface area contributed by atoms with Crippen LogP contribution in [0.1, 0.15) is 16.1 Å². The number of nitrogens with zero attached hydrogens (tertiary/aromatic N) is 2. The number of hydrogen-bond donors (Lipinski definition) is 1. The van der Waals surface area contributed by atoms with E-state index in [0.717, 1.165) is 12.3 Å². The number of rotatable bonds is 4. The Labute approximate surface area is 123 Å². The van der Waals surface area contributed by atoms with Crippen LogP contribution in [0.25, 0.3) is 0 Å². The molecule has 1 heterocycles. The van der Waals surface area contributed by atoms with Gasteiger partial charge in [-0.05, 0) is 11.6 Å². The number of hydrogen-bond acceptors (Lipinski definition) is 3. The van der Waals surface area contributed by atoms with Crippen LogP contribution in [-0.2, 0) is 6.54 Å². The van der Waals surface area contributed by atoms with E-state index in [4.69, 9.17) is 28.3 Å². The first-order valence-electron chi connectivity index (χ1n) is 5.41. The lowest BCUT2D eigenvalue weighted by Crippen LogP contribution is -2.08. The Morgan fingerprint density at radius 3 is 2.70 bits per heavy atom. The maximum atomic E-state index is 11.1. The van der Waals surface area contributed by atoms with Gasteiger partial charge in [-0.2, -0.15) is 0 Å². The highest BCUT2D eigenvalue weighted by Crippen LogP contribution is 2.27. The van der Waals surface area contributed by atoms with E-state index in [1.54, 1.807) is 18.2 Å². The molecule has 2 aromatic rings. The Balaban J connectivity index is 2.45. The van der Waals surface area contributed by atoms with Crippen LogP contribution in [0.5, 0.6) is 0 Å². The summed E-state index contributed by atoms with van der Waals surface area (Å²) in [6.45, 7) is 0.0782. The van der Waals surface area contributed by atoms with E-state index in [-0.39, 0.29) is 17.9 Å². The van der Waals surface area contributed by atoms with Gasteiger partial charge in [0.05, 0.1) is 21.2 Å². The van der Waals surface area contributed by atoms with Crippen molar-refractivity contribution in [1.82, 2.24) is 4.57 Å². The van der Waals surface area contributed by atoms with Gasteiger partial charge < -0.3 is 9.67 Å². The predicted octanol–water partition coefficient (Wildman–Crippen LogP) is 3.45. The lowest BCUT2D eigenvalue weighted by molar-refractivity contribution is -0.384. The Morgan fingerprint density at radius 2 is 2.10 bits per heavy atom. The van der Waals surface area contributed by atoms with Crippen molar-refractivity contribution in [2.45, 2.75) is 6.54 Å². The second kappa shape index (κ2) is 5.52. The molecule has 1 N–H and O–H groups in total. The first-order chi connectivity index (χ1) is 9.40. The molecule has 0 aliphatic rings. The topological polar surface area (TPSA) is 85.4 Å². The molecule has 1 aromatic carbocycles. The maximum absolute atomic E-state index is 11.1. The van der Waals surface area contributed by atoms with Gasteiger partial charge in [0.2, 0.25) is 0 Å². The Morgan fingerprint density at radius 1 is 1.40 bits per heavy atom. The smallest absolute Gasteiger partial charge is 0.352 e. The van der Waals surface area contributed by atoms with Gasteiger partial charge >= 0.3 is 5.97 Å². The molecule has 0 fully saturated rings. The van der Waals surface area contributed by atoms with Crippen LogP contribution in [0.2, 0.25) is 10.0 Å². The monoisotopic (exact) mass is 314 g/mol. The zero-order chi connectivity index (χ0) is 14.9. The fourth-order valence-electron chi connectivity index (χ4n) is 1.76. The van der Waals surface area contributed by atoms with Crippen molar-refractivity contribution in [3.63, 3.8) is 0 Å². The van der Waals surface area contributed by atoms with Gasteiger partial charge in [-0.15, -0.1) is 0 Å². The number of carboxylic acids is 1. The lowest BCUT2D eigenvalue weighted by atomic mass is 10.2. The molecule has 0 unspecified atom stereocenters. The number of benzene rings is 1. The maximum Gasteiger partial charge on any atom is 0.352 e. The van der Waals surface area contributed by atoms with Crippen molar-refractivity contribution in [3.05, 3.63) is 61.9 Å². The Kier molecular flexibility index (Phi) is 3.96. The quantitative estimate of drug-likeness (QED) is 0.691. The van der Waals surface area contributed by atoms with Crippen molar-refractivity contribution >= 4 is 34.9 Å². The van der Waals surface area contributed by atoms with Crippen LogP contribution in [0.3, 0.4) is 0 Å². The molecule has 0 bridgehead atoms. The summed E-state index contributed by atoms with van der Waals surface area (Å²) in [6, 6.07) is 5.94. The van der Waals surface area contributed by atoms with Gasteiger partial charge in [0.1, 0.15) is 5.69 Å². The summed E-state index contributed by atoms with van der Waals surface area (Å²) in [5, 5.41) is 20.4. The molecule has 6 nitrogen and oxygen atoms in total. The summed E-state index contributed by atoms with van der Waals surface area (Å²) in [4.78, 5) is 21.2. The van der Waals surface area contributed by atoms with Crippen molar-refractivity contribution in [2.75, 3.05) is 0 Å². The first-order valence-corrected chi connectivity index (χ1v) is 6.16. The second-order valence-corrected chi connectivity index (χ2v) is 4.77. The molecular weight excluding hydrogens is 307 g/mol. The second-order valence-electron chi connectivity index (χ2n) is 3.99. The highest BCUT2D eigenvalue weighted by molar-refractivity contribution is 6.42. The summed E-state index contributed by atoms with van der Waals surface area (Å²) >= 11 is 11.9.